The van der Waals surface area contributed by atoms with Crippen LogP contribution < -0.4 is 0 Å². The van der Waals surface area contributed by atoms with Gasteiger partial charge in [0.05, 0.1) is 23.1 Å². The fourth-order valence-corrected chi connectivity index (χ4v) is 2.88. The number of aryl methyl sites for hydroxylation is 1. The van der Waals surface area contributed by atoms with E-state index in [1.165, 1.54) is 18.4 Å². The minimum absolute atomic E-state index is 0.440. The molecule has 0 N–H and O–H groups in total. The van der Waals surface area contributed by atoms with E-state index < -0.39 is 0 Å². The van der Waals surface area contributed by atoms with Crippen molar-refractivity contribution in [2.24, 2.45) is 0 Å². The van der Waals surface area contributed by atoms with Gasteiger partial charge in [0, 0.05) is 11.9 Å². The van der Waals surface area contributed by atoms with E-state index >= 15 is 0 Å². The summed E-state index contributed by atoms with van der Waals surface area (Å²) < 4.78 is 2.27. The van der Waals surface area contributed by atoms with Crippen LogP contribution in [0.4, 0.5) is 0 Å². The molecule has 1 aromatic carbocycles. The lowest BCUT2D eigenvalue weighted by molar-refractivity contribution is 0.601. The molecule has 0 atom stereocenters. The molecule has 0 saturated heterocycles. The second-order valence-electron chi connectivity index (χ2n) is 5.03. The van der Waals surface area contributed by atoms with Gasteiger partial charge < -0.3 is 4.57 Å². The lowest BCUT2D eigenvalue weighted by atomic mass is 10.2. The zero-order valence-corrected chi connectivity index (χ0v) is 12.4. The second kappa shape index (κ2) is 5.80. The summed E-state index contributed by atoms with van der Waals surface area (Å²) in [5.41, 5.74) is 3.12. The molecule has 0 radical (unpaired) electrons. The summed E-state index contributed by atoms with van der Waals surface area (Å²) in [7, 11) is 0. The van der Waals surface area contributed by atoms with E-state index in [0.29, 0.717) is 5.88 Å². The number of halogens is 1. The van der Waals surface area contributed by atoms with Gasteiger partial charge in [0.1, 0.15) is 11.3 Å². The summed E-state index contributed by atoms with van der Waals surface area (Å²) in [6.07, 6.45) is 5.45. The lowest BCUT2D eigenvalue weighted by Gasteiger charge is -2.08. The minimum Gasteiger partial charge on any atom is -0.326 e. The Balaban J connectivity index is 2.20. The van der Waals surface area contributed by atoms with E-state index in [1.54, 1.807) is 0 Å². The van der Waals surface area contributed by atoms with Gasteiger partial charge in [0.25, 0.3) is 0 Å². The number of unbranched alkanes of at least 4 members (excludes halogenated alkanes) is 2. The first-order chi connectivity index (χ1) is 9.85. The van der Waals surface area contributed by atoms with E-state index in [9.17, 15) is 0 Å². The number of para-hydroxylation sites is 1. The molecule has 3 aromatic rings. The van der Waals surface area contributed by atoms with Crippen LogP contribution in [-0.4, -0.2) is 14.5 Å². The highest BCUT2D eigenvalue weighted by Gasteiger charge is 2.13. The van der Waals surface area contributed by atoms with Crippen molar-refractivity contribution in [3.63, 3.8) is 0 Å². The highest BCUT2D eigenvalue weighted by Crippen LogP contribution is 2.25. The number of fused-ring (bicyclic) bond motifs is 3. The number of hydrogen-bond donors (Lipinski definition) is 0. The van der Waals surface area contributed by atoms with Crippen LogP contribution in [0.5, 0.6) is 0 Å². The summed E-state index contributed by atoms with van der Waals surface area (Å²) in [5.74, 6) is 1.38. The van der Waals surface area contributed by atoms with Gasteiger partial charge in [-0.2, -0.15) is 0 Å². The molecule has 2 aromatic heterocycles. The fraction of sp³-hybridized carbons (Fsp3) is 0.375. The van der Waals surface area contributed by atoms with Crippen LogP contribution in [0.2, 0.25) is 0 Å². The van der Waals surface area contributed by atoms with Crippen molar-refractivity contribution < 1.29 is 0 Å². The highest BCUT2D eigenvalue weighted by molar-refractivity contribution is 6.17. The van der Waals surface area contributed by atoms with Crippen LogP contribution in [0.15, 0.2) is 30.5 Å². The molecular weight excluding hydrogens is 270 g/mol. The van der Waals surface area contributed by atoms with E-state index in [1.807, 2.05) is 24.4 Å². The molecule has 0 aliphatic rings. The van der Waals surface area contributed by atoms with Crippen LogP contribution >= 0.6 is 11.6 Å². The number of hydrogen-bond acceptors (Lipinski definition) is 2. The van der Waals surface area contributed by atoms with Crippen LogP contribution in [-0.2, 0) is 12.4 Å². The number of imidazole rings is 1. The topological polar surface area (TPSA) is 30.7 Å². The third kappa shape index (κ3) is 2.27. The van der Waals surface area contributed by atoms with Gasteiger partial charge in [0.15, 0.2) is 0 Å². The minimum atomic E-state index is 0.440. The Hall–Kier alpha value is -1.61. The number of benzene rings is 1. The van der Waals surface area contributed by atoms with Gasteiger partial charge in [-0.1, -0.05) is 38.0 Å². The molecule has 3 nitrogen and oxygen atoms in total. The van der Waals surface area contributed by atoms with Gasteiger partial charge in [-0.25, -0.2) is 4.98 Å². The van der Waals surface area contributed by atoms with Crippen LogP contribution in [0.1, 0.15) is 32.0 Å². The Bertz CT molecular complexity index is 733. The van der Waals surface area contributed by atoms with Gasteiger partial charge in [0.2, 0.25) is 0 Å². The average Bonchev–Trinajstić information content (AvgIpc) is 2.86. The first kappa shape index (κ1) is 13.4. The molecule has 104 valence electrons. The Morgan fingerprint density at radius 2 is 2.00 bits per heavy atom. The van der Waals surface area contributed by atoms with Gasteiger partial charge in [-0.3, -0.25) is 4.98 Å². The van der Waals surface area contributed by atoms with Gasteiger partial charge >= 0.3 is 0 Å². The van der Waals surface area contributed by atoms with Crippen LogP contribution in [0, 0.1) is 0 Å². The standard InChI is InChI=1S/C16H18ClN3/c1-2-3-6-9-20-15(10-17)19-14-11-18-13-8-5-4-7-12(13)16(14)20/h4-5,7-8,11H,2-3,6,9-10H2,1H3. The van der Waals surface area contributed by atoms with Gasteiger partial charge in [-0.05, 0) is 12.5 Å². The summed E-state index contributed by atoms with van der Waals surface area (Å²) in [6, 6.07) is 8.22. The lowest BCUT2D eigenvalue weighted by Crippen LogP contribution is -2.03. The predicted molar refractivity (Wildman–Crippen MR) is 84.1 cm³/mol. The second-order valence-corrected chi connectivity index (χ2v) is 5.30. The maximum absolute atomic E-state index is 6.06. The van der Waals surface area contributed by atoms with Crippen molar-refractivity contribution in [1.82, 2.24) is 14.5 Å². The molecular formula is C16H18ClN3. The molecule has 3 rings (SSSR count). The Labute approximate surface area is 123 Å². The summed E-state index contributed by atoms with van der Waals surface area (Å²) in [6.45, 7) is 3.19. The zero-order chi connectivity index (χ0) is 13.9. The molecule has 0 amide bonds. The SMILES string of the molecule is CCCCCn1c(CCl)nc2cnc3ccccc3c21. The maximum atomic E-state index is 6.06. The Morgan fingerprint density at radius 3 is 2.80 bits per heavy atom. The van der Waals surface area contributed by atoms with E-state index in [-0.39, 0.29) is 0 Å². The first-order valence-corrected chi connectivity index (χ1v) is 7.67. The smallest absolute Gasteiger partial charge is 0.124 e. The Kier molecular flexibility index (Phi) is 3.88. The molecule has 0 fully saturated rings. The molecule has 4 heteroatoms. The molecule has 0 bridgehead atoms. The average molecular weight is 288 g/mol. The number of pyridine rings is 1. The van der Waals surface area contributed by atoms with E-state index in [0.717, 1.165) is 35.2 Å². The number of aromatic nitrogens is 3. The number of rotatable bonds is 5. The fourth-order valence-electron chi connectivity index (χ4n) is 2.67. The monoisotopic (exact) mass is 287 g/mol. The Morgan fingerprint density at radius 1 is 1.15 bits per heavy atom. The highest BCUT2D eigenvalue weighted by atomic mass is 35.5. The first-order valence-electron chi connectivity index (χ1n) is 7.14. The summed E-state index contributed by atoms with van der Waals surface area (Å²) >= 11 is 6.06. The van der Waals surface area contributed by atoms with Gasteiger partial charge in [-0.15, -0.1) is 11.6 Å². The van der Waals surface area contributed by atoms with E-state index in [2.05, 4.69) is 27.5 Å². The predicted octanol–water partition coefficient (Wildman–Crippen LogP) is 4.51. The summed E-state index contributed by atoms with van der Waals surface area (Å²) in [4.78, 5) is 9.10. The molecule has 0 spiro atoms. The molecule has 0 unspecified atom stereocenters. The van der Waals surface area contributed by atoms with Crippen molar-refractivity contribution in [3.05, 3.63) is 36.3 Å². The van der Waals surface area contributed by atoms with Crippen molar-refractivity contribution in [2.45, 2.75) is 38.6 Å². The molecule has 2 heterocycles. The summed E-state index contributed by atoms with van der Waals surface area (Å²) in [5, 5.41) is 1.16. The molecule has 0 saturated carbocycles. The van der Waals surface area contributed by atoms with Crippen LogP contribution in [0.3, 0.4) is 0 Å². The maximum Gasteiger partial charge on any atom is 0.124 e. The van der Waals surface area contributed by atoms with Crippen molar-refractivity contribution in [2.75, 3.05) is 0 Å². The third-order valence-corrected chi connectivity index (χ3v) is 3.90. The zero-order valence-electron chi connectivity index (χ0n) is 11.6. The number of alkyl halides is 1. The van der Waals surface area contributed by atoms with Crippen molar-refractivity contribution in [3.8, 4) is 0 Å². The molecule has 20 heavy (non-hydrogen) atoms. The largest absolute Gasteiger partial charge is 0.326 e. The number of nitrogens with zero attached hydrogens (tertiary/aromatic N) is 3. The normalized spacial score (nSPS) is 11.5. The quantitative estimate of drug-likeness (QED) is 0.510. The van der Waals surface area contributed by atoms with Crippen LogP contribution in [0.25, 0.3) is 21.9 Å². The third-order valence-electron chi connectivity index (χ3n) is 3.66. The molecule has 0 aliphatic heterocycles. The van der Waals surface area contributed by atoms with E-state index in [4.69, 9.17) is 11.6 Å². The van der Waals surface area contributed by atoms with Crippen molar-refractivity contribution >= 4 is 33.5 Å². The molecule has 0 aliphatic carbocycles. The van der Waals surface area contributed by atoms with Crippen molar-refractivity contribution in [1.29, 1.82) is 0 Å².